The first kappa shape index (κ1) is 35.2. The number of hydrogen-bond donors (Lipinski definition) is 2. The number of allylic oxidation sites excluding steroid dienone is 4. The first-order chi connectivity index (χ1) is 22.7. The average Bonchev–Trinajstić information content (AvgIpc) is 3.45. The van der Waals surface area contributed by atoms with Crippen molar-refractivity contribution in [3.63, 3.8) is 0 Å². The fourth-order valence-electron chi connectivity index (χ4n) is 14.3. The minimum Gasteiger partial charge on any atom is -0.481 e. The van der Waals surface area contributed by atoms with Crippen LogP contribution < -0.4 is 5.32 Å². The first-order valence-corrected chi connectivity index (χ1v) is 21.9. The van der Waals surface area contributed by atoms with Crippen LogP contribution in [0.1, 0.15) is 130 Å². The summed E-state index contributed by atoms with van der Waals surface area (Å²) in [6.07, 6.45) is 24.9. The highest BCUT2D eigenvalue weighted by Gasteiger charge is 2.65. The number of nitrogens with one attached hydrogen (secondary N) is 1. The van der Waals surface area contributed by atoms with Crippen molar-refractivity contribution < 1.29 is 18.3 Å². The van der Waals surface area contributed by atoms with Crippen LogP contribution in [0, 0.1) is 51.8 Å². The zero-order chi connectivity index (χ0) is 34.1. The molecule has 0 radical (unpaired) electrons. The summed E-state index contributed by atoms with van der Waals surface area (Å²) in [6.45, 7) is 14.4. The van der Waals surface area contributed by atoms with Crippen molar-refractivity contribution in [3.8, 4) is 0 Å². The normalized spacial score (nSPS) is 43.3. The van der Waals surface area contributed by atoms with Crippen molar-refractivity contribution in [2.45, 2.75) is 141 Å². The number of sulfone groups is 1. The fraction of sp³-hybridized carbons (Fsp3) is 0.878. The van der Waals surface area contributed by atoms with Gasteiger partial charge < -0.3 is 15.3 Å². The molecule has 0 aromatic carbocycles. The number of fused-ring (bicyclic) bond motifs is 7. The van der Waals surface area contributed by atoms with Gasteiger partial charge in [-0.2, -0.15) is 0 Å². The molecular formula is C41H66N2O4S. The number of piperidine rings is 1. The minimum absolute atomic E-state index is 0.143. The van der Waals surface area contributed by atoms with Crippen molar-refractivity contribution in [2.24, 2.45) is 51.8 Å². The summed E-state index contributed by atoms with van der Waals surface area (Å²) in [5, 5.41) is 13.4. The largest absolute Gasteiger partial charge is 0.481 e. The highest BCUT2D eigenvalue weighted by molar-refractivity contribution is 7.91. The second-order valence-electron chi connectivity index (χ2n) is 19.0. The Morgan fingerprint density at radius 3 is 2.35 bits per heavy atom. The number of aliphatic carboxylic acids is 1. The van der Waals surface area contributed by atoms with Gasteiger partial charge in [0, 0.05) is 31.3 Å². The number of nitrogens with zero attached hydrogens (tertiary/aromatic N) is 1. The monoisotopic (exact) mass is 682 g/mol. The number of likely N-dealkylation sites (tertiary alicyclic amines) is 1. The molecule has 2 N–H and O–H groups in total. The van der Waals surface area contributed by atoms with Gasteiger partial charge in [-0.15, -0.1) is 0 Å². The van der Waals surface area contributed by atoms with Crippen LogP contribution in [0.15, 0.2) is 23.3 Å². The summed E-state index contributed by atoms with van der Waals surface area (Å²) in [5.41, 5.74) is 4.37. The van der Waals surface area contributed by atoms with E-state index in [1.165, 1.54) is 76.0 Å². The van der Waals surface area contributed by atoms with Gasteiger partial charge >= 0.3 is 5.97 Å². The second-order valence-corrected chi connectivity index (χ2v) is 21.3. The van der Waals surface area contributed by atoms with E-state index < -0.39 is 15.8 Å². The summed E-state index contributed by atoms with van der Waals surface area (Å²) in [4.78, 5) is 13.8. The highest BCUT2D eigenvalue weighted by Crippen LogP contribution is 2.72. The van der Waals surface area contributed by atoms with Gasteiger partial charge in [0.2, 0.25) is 0 Å². The molecule has 270 valence electrons. The van der Waals surface area contributed by atoms with E-state index in [1.807, 2.05) is 0 Å². The van der Waals surface area contributed by atoms with Crippen LogP contribution in [0.25, 0.3) is 0 Å². The smallest absolute Gasteiger partial charge is 0.303 e. The van der Waals surface area contributed by atoms with Gasteiger partial charge in [0.1, 0.15) is 9.84 Å². The molecule has 0 aromatic heterocycles. The Balaban J connectivity index is 1.02. The van der Waals surface area contributed by atoms with Crippen LogP contribution >= 0.6 is 0 Å². The van der Waals surface area contributed by atoms with Crippen LogP contribution in [0.5, 0.6) is 0 Å². The second kappa shape index (κ2) is 12.8. The van der Waals surface area contributed by atoms with Crippen molar-refractivity contribution in [1.29, 1.82) is 0 Å². The Labute approximate surface area is 292 Å². The third-order valence-corrected chi connectivity index (χ3v) is 18.1. The third kappa shape index (κ3) is 5.99. The van der Waals surface area contributed by atoms with E-state index in [2.05, 4.69) is 50.1 Å². The quantitative estimate of drug-likeness (QED) is 0.270. The van der Waals surface area contributed by atoms with Gasteiger partial charge in [-0.1, -0.05) is 46.3 Å². The van der Waals surface area contributed by atoms with Crippen LogP contribution in [-0.4, -0.2) is 67.6 Å². The van der Waals surface area contributed by atoms with Gasteiger partial charge in [0.15, 0.2) is 0 Å². The van der Waals surface area contributed by atoms with Crippen LogP contribution in [0.2, 0.25) is 0 Å². The minimum atomic E-state index is -2.92. The molecule has 1 saturated heterocycles. The summed E-state index contributed by atoms with van der Waals surface area (Å²) >= 11 is 0. The molecule has 7 heteroatoms. The number of rotatable bonds is 8. The lowest BCUT2D eigenvalue weighted by molar-refractivity contribution is -0.175. The van der Waals surface area contributed by atoms with Crippen LogP contribution in [-0.2, 0) is 14.6 Å². The molecule has 9 atom stereocenters. The molecular weight excluding hydrogens is 617 g/mol. The van der Waals surface area contributed by atoms with E-state index in [1.54, 1.807) is 5.57 Å². The molecule has 0 amide bonds. The topological polar surface area (TPSA) is 86.7 Å². The Kier molecular flexibility index (Phi) is 9.39. The molecule has 4 saturated carbocycles. The van der Waals surface area contributed by atoms with Crippen molar-refractivity contribution in [3.05, 3.63) is 23.3 Å². The Morgan fingerprint density at radius 2 is 1.67 bits per heavy atom. The van der Waals surface area contributed by atoms with Crippen molar-refractivity contribution >= 4 is 15.8 Å². The predicted molar refractivity (Wildman–Crippen MR) is 194 cm³/mol. The lowest BCUT2D eigenvalue weighted by atomic mass is 9.37. The molecule has 0 spiro atoms. The van der Waals surface area contributed by atoms with Gasteiger partial charge in [-0.05, 0) is 166 Å². The molecule has 7 rings (SSSR count). The highest BCUT2D eigenvalue weighted by atomic mass is 32.2. The number of carboxylic acid groups (broad SMARTS) is 1. The molecule has 6 aliphatic carbocycles. The molecule has 0 bridgehead atoms. The maximum absolute atomic E-state index is 12.0. The average molecular weight is 683 g/mol. The SMILES string of the molecule is CC1(C)C(C2=CCC(CC(=O)O)CC2)=CCC2(C)C1CCC1(C)C3CCC4(NCCN5CCC(S(C)(=O)=O)CC5)CCC[C@@H]4C3CCC12. The lowest BCUT2D eigenvalue weighted by Gasteiger charge is -2.68. The first-order valence-electron chi connectivity index (χ1n) is 20.0. The van der Waals surface area contributed by atoms with Gasteiger partial charge in [0.25, 0.3) is 0 Å². The predicted octanol–water partition coefficient (Wildman–Crippen LogP) is 8.04. The molecule has 1 heterocycles. The van der Waals surface area contributed by atoms with Crippen molar-refractivity contribution in [1.82, 2.24) is 10.2 Å². The lowest BCUT2D eigenvalue weighted by Crippen LogP contribution is -2.64. The zero-order valence-corrected chi connectivity index (χ0v) is 31.7. The third-order valence-electron chi connectivity index (χ3n) is 16.5. The standard InChI is InChI=1S/C41H66N2O4S/c1-38(2)32(29-10-8-28(9-11-29)27-37(44)45)14-20-40(4)35(38)16-21-39(3)33-15-22-41(19-6-7-34(41)31(33)12-13-36(39)40)42-23-26-43-24-17-30(18-25-43)48(5,46)47/h10,14,28,30-31,33-36,42H,6-9,11-13,15-27H2,1-5H3,(H,44,45)/t28?,31?,33?,34-,35?,36?,39?,40?,41?/m1/s1. The molecule has 0 aromatic rings. The Bertz CT molecular complexity index is 1410. The maximum Gasteiger partial charge on any atom is 0.303 e. The molecule has 8 unspecified atom stereocenters. The van der Waals surface area contributed by atoms with Gasteiger partial charge in [-0.3, -0.25) is 4.79 Å². The number of carboxylic acids is 1. The molecule has 48 heavy (non-hydrogen) atoms. The van der Waals surface area contributed by atoms with Crippen molar-refractivity contribution in [2.75, 3.05) is 32.4 Å². The Hall–Kier alpha value is -1.18. The van der Waals surface area contributed by atoms with E-state index in [9.17, 15) is 18.3 Å². The maximum atomic E-state index is 12.0. The molecule has 7 aliphatic rings. The molecule has 5 fully saturated rings. The van der Waals surface area contributed by atoms with Crippen LogP contribution in [0.4, 0.5) is 0 Å². The zero-order valence-electron chi connectivity index (χ0n) is 30.9. The van der Waals surface area contributed by atoms with E-state index in [0.717, 1.165) is 82.0 Å². The van der Waals surface area contributed by atoms with E-state index in [0.29, 0.717) is 34.6 Å². The summed E-state index contributed by atoms with van der Waals surface area (Å²) < 4.78 is 24.1. The summed E-state index contributed by atoms with van der Waals surface area (Å²) in [6, 6.07) is 0. The Morgan fingerprint density at radius 1 is 0.896 bits per heavy atom. The number of carbonyl (C=O) groups is 1. The van der Waals surface area contributed by atoms with Gasteiger partial charge in [0.05, 0.1) is 5.25 Å². The number of hydrogen-bond acceptors (Lipinski definition) is 5. The summed E-state index contributed by atoms with van der Waals surface area (Å²) in [5.74, 6) is 3.66. The van der Waals surface area contributed by atoms with E-state index in [4.69, 9.17) is 0 Å². The van der Waals surface area contributed by atoms with Crippen LogP contribution in [0.3, 0.4) is 0 Å². The van der Waals surface area contributed by atoms with Gasteiger partial charge in [-0.25, -0.2) is 8.42 Å². The molecule has 1 aliphatic heterocycles. The van der Waals surface area contributed by atoms with E-state index in [-0.39, 0.29) is 10.7 Å². The molecule has 6 nitrogen and oxygen atoms in total. The van der Waals surface area contributed by atoms with E-state index >= 15 is 0 Å². The summed E-state index contributed by atoms with van der Waals surface area (Å²) in [7, 11) is -2.92. The fourth-order valence-corrected chi connectivity index (χ4v) is 15.3.